The molecular weight excluding hydrogens is 466 g/mol. The summed E-state index contributed by atoms with van der Waals surface area (Å²) in [7, 11) is -2.78. The molecule has 3 aromatic carbocycles. The minimum Gasteiger partial charge on any atom is -0.495 e. The number of sulfonamides is 1. The number of nitrogens with one attached hydrogen (secondary N) is 2. The number of rotatable bonds is 8. The molecule has 10 heteroatoms. The number of anilines is 1. The second-order valence-corrected chi connectivity index (χ2v) is 9.09. The Morgan fingerprint density at radius 1 is 1.03 bits per heavy atom. The molecule has 0 aliphatic rings. The van der Waals surface area contributed by atoms with Crippen LogP contribution in [-0.4, -0.2) is 33.4 Å². The van der Waals surface area contributed by atoms with Crippen LogP contribution in [0.2, 0.25) is 5.02 Å². The van der Waals surface area contributed by atoms with Crippen LogP contribution in [0.25, 0.3) is 0 Å². The lowest BCUT2D eigenvalue weighted by atomic mass is 10.0. The molecule has 0 aromatic heterocycles. The van der Waals surface area contributed by atoms with Gasteiger partial charge in [-0.3, -0.25) is 9.59 Å². The zero-order chi connectivity index (χ0) is 24.0. The predicted octanol–water partition coefficient (Wildman–Crippen LogP) is 2.98. The fraction of sp³-hybridized carbons (Fsp3) is 0.130. The van der Waals surface area contributed by atoms with Gasteiger partial charge in [-0.1, -0.05) is 41.9 Å². The van der Waals surface area contributed by atoms with E-state index in [0.29, 0.717) is 10.6 Å². The number of methoxy groups -OCH3 is 1. The van der Waals surface area contributed by atoms with Crippen LogP contribution in [0.3, 0.4) is 0 Å². The third kappa shape index (κ3) is 6.55. The lowest BCUT2D eigenvalue weighted by Crippen LogP contribution is -2.45. The summed E-state index contributed by atoms with van der Waals surface area (Å²) in [5.41, 5.74) is 1.35. The Morgan fingerprint density at radius 3 is 2.30 bits per heavy atom. The van der Waals surface area contributed by atoms with E-state index >= 15 is 0 Å². The zero-order valence-electron chi connectivity index (χ0n) is 17.6. The van der Waals surface area contributed by atoms with Crippen LogP contribution in [0.1, 0.15) is 15.9 Å². The second kappa shape index (κ2) is 10.5. The maximum absolute atomic E-state index is 13.1. The average Bonchev–Trinajstić information content (AvgIpc) is 2.79. The third-order valence-corrected chi connectivity index (χ3v) is 5.93. The largest absolute Gasteiger partial charge is 0.495 e. The first-order valence-corrected chi connectivity index (χ1v) is 11.7. The van der Waals surface area contributed by atoms with Gasteiger partial charge in [0.15, 0.2) is 0 Å². The van der Waals surface area contributed by atoms with Gasteiger partial charge >= 0.3 is 0 Å². The van der Waals surface area contributed by atoms with Gasteiger partial charge in [0, 0.05) is 22.7 Å². The SMILES string of the molecule is COc1ccc(NC(=O)C(Cc2ccccc2)NC(=O)c2ccc(Cl)cc2)cc1S(N)(=O)=O. The normalized spacial score (nSPS) is 12.0. The molecule has 0 bridgehead atoms. The lowest BCUT2D eigenvalue weighted by Gasteiger charge is -2.19. The summed E-state index contributed by atoms with van der Waals surface area (Å²) < 4.78 is 28.8. The van der Waals surface area contributed by atoms with Crippen molar-refractivity contribution in [2.75, 3.05) is 12.4 Å². The zero-order valence-corrected chi connectivity index (χ0v) is 19.2. The number of benzene rings is 3. The van der Waals surface area contributed by atoms with Crippen molar-refractivity contribution in [2.24, 2.45) is 5.14 Å². The molecule has 0 saturated carbocycles. The Morgan fingerprint density at radius 2 is 1.70 bits per heavy atom. The fourth-order valence-corrected chi connectivity index (χ4v) is 3.96. The van der Waals surface area contributed by atoms with Crippen LogP contribution in [-0.2, 0) is 21.2 Å². The number of carbonyl (C=O) groups is 2. The number of amides is 2. The molecule has 0 aliphatic heterocycles. The molecule has 172 valence electrons. The second-order valence-electron chi connectivity index (χ2n) is 7.12. The van der Waals surface area contributed by atoms with Crippen molar-refractivity contribution < 1.29 is 22.7 Å². The summed E-state index contributed by atoms with van der Waals surface area (Å²) in [6.07, 6.45) is 0.213. The molecule has 33 heavy (non-hydrogen) atoms. The van der Waals surface area contributed by atoms with Crippen molar-refractivity contribution in [3.8, 4) is 5.75 Å². The maximum atomic E-state index is 13.1. The maximum Gasteiger partial charge on any atom is 0.251 e. The quantitative estimate of drug-likeness (QED) is 0.450. The van der Waals surface area contributed by atoms with E-state index < -0.39 is 27.9 Å². The molecule has 0 aliphatic carbocycles. The number of halogens is 1. The van der Waals surface area contributed by atoms with Gasteiger partial charge in [-0.05, 0) is 48.0 Å². The first-order chi connectivity index (χ1) is 15.7. The standard InChI is InChI=1S/C23H22ClN3O5S/c1-32-20-12-11-18(14-21(20)33(25,30)31)26-23(29)19(13-15-5-3-2-4-6-15)27-22(28)16-7-9-17(24)10-8-16/h2-12,14,19H,13H2,1H3,(H,26,29)(H,27,28)(H2,25,30,31). The smallest absolute Gasteiger partial charge is 0.251 e. The van der Waals surface area contributed by atoms with Crippen LogP contribution in [0.15, 0.2) is 77.7 Å². The summed E-state index contributed by atoms with van der Waals surface area (Å²) in [4.78, 5) is 25.6. The summed E-state index contributed by atoms with van der Waals surface area (Å²) in [5.74, 6) is -0.943. The van der Waals surface area contributed by atoms with Crippen LogP contribution in [0, 0.1) is 0 Å². The highest BCUT2D eigenvalue weighted by atomic mass is 35.5. The fourth-order valence-electron chi connectivity index (χ4n) is 3.11. The minimum absolute atomic E-state index is 0.0485. The molecule has 4 N–H and O–H groups in total. The highest BCUT2D eigenvalue weighted by Crippen LogP contribution is 2.26. The number of primary sulfonamides is 1. The van der Waals surface area contributed by atoms with Crippen LogP contribution >= 0.6 is 11.6 Å². The topological polar surface area (TPSA) is 128 Å². The number of hydrogen-bond donors (Lipinski definition) is 3. The number of carbonyl (C=O) groups excluding carboxylic acids is 2. The summed E-state index contributed by atoms with van der Waals surface area (Å²) in [5, 5.41) is 11.1. The monoisotopic (exact) mass is 487 g/mol. The summed E-state index contributed by atoms with van der Waals surface area (Å²) >= 11 is 5.88. The third-order valence-electron chi connectivity index (χ3n) is 4.75. The van der Waals surface area contributed by atoms with E-state index in [2.05, 4.69) is 10.6 Å². The van der Waals surface area contributed by atoms with Gasteiger partial charge in [-0.2, -0.15) is 0 Å². The van der Waals surface area contributed by atoms with E-state index in [1.165, 1.54) is 25.3 Å². The average molecular weight is 488 g/mol. The molecule has 1 atom stereocenters. The lowest BCUT2D eigenvalue weighted by molar-refractivity contribution is -0.118. The Balaban J connectivity index is 1.86. The van der Waals surface area contributed by atoms with E-state index in [0.717, 1.165) is 5.56 Å². The molecule has 3 rings (SSSR count). The van der Waals surface area contributed by atoms with Gasteiger partial charge in [0.1, 0.15) is 16.7 Å². The molecule has 0 spiro atoms. The van der Waals surface area contributed by atoms with Gasteiger partial charge < -0.3 is 15.4 Å². The Kier molecular flexibility index (Phi) is 7.70. The van der Waals surface area contributed by atoms with Crippen molar-refractivity contribution in [3.63, 3.8) is 0 Å². The molecule has 8 nitrogen and oxygen atoms in total. The Bertz CT molecular complexity index is 1250. The van der Waals surface area contributed by atoms with Gasteiger partial charge in [0.25, 0.3) is 5.91 Å². The van der Waals surface area contributed by atoms with Crippen LogP contribution in [0.5, 0.6) is 5.75 Å². The molecule has 0 heterocycles. The van der Waals surface area contributed by atoms with E-state index in [4.69, 9.17) is 21.5 Å². The minimum atomic E-state index is -4.09. The van der Waals surface area contributed by atoms with Crippen molar-refractivity contribution in [2.45, 2.75) is 17.4 Å². The van der Waals surface area contributed by atoms with Crippen molar-refractivity contribution in [3.05, 3.63) is 88.9 Å². The summed E-state index contributed by atoms with van der Waals surface area (Å²) in [6, 6.07) is 18.5. The first-order valence-electron chi connectivity index (χ1n) is 9.79. The molecule has 1 unspecified atom stereocenters. The van der Waals surface area contributed by atoms with E-state index in [1.807, 2.05) is 30.3 Å². The first kappa shape index (κ1) is 24.2. The Labute approximate surface area is 196 Å². The highest BCUT2D eigenvalue weighted by molar-refractivity contribution is 7.89. The summed E-state index contributed by atoms with van der Waals surface area (Å²) in [6.45, 7) is 0. The molecular formula is C23H22ClN3O5S. The molecule has 0 saturated heterocycles. The van der Waals surface area contributed by atoms with Crippen LogP contribution < -0.4 is 20.5 Å². The van der Waals surface area contributed by atoms with Crippen LogP contribution in [0.4, 0.5) is 5.69 Å². The van der Waals surface area contributed by atoms with E-state index in [-0.39, 0.29) is 22.8 Å². The molecule has 2 amide bonds. The van der Waals surface area contributed by atoms with Gasteiger partial charge in [0.2, 0.25) is 15.9 Å². The molecule has 3 aromatic rings. The van der Waals surface area contributed by atoms with E-state index in [9.17, 15) is 18.0 Å². The van der Waals surface area contributed by atoms with Gasteiger partial charge in [0.05, 0.1) is 7.11 Å². The number of ether oxygens (including phenoxy) is 1. The number of hydrogen-bond acceptors (Lipinski definition) is 5. The highest BCUT2D eigenvalue weighted by Gasteiger charge is 2.23. The molecule has 0 fully saturated rings. The number of nitrogens with two attached hydrogens (primary N) is 1. The van der Waals surface area contributed by atoms with Crippen molar-refractivity contribution in [1.82, 2.24) is 5.32 Å². The van der Waals surface area contributed by atoms with Crippen molar-refractivity contribution in [1.29, 1.82) is 0 Å². The predicted molar refractivity (Wildman–Crippen MR) is 126 cm³/mol. The van der Waals surface area contributed by atoms with Gasteiger partial charge in [-0.25, -0.2) is 13.6 Å². The Hall–Kier alpha value is -3.40. The molecule has 0 radical (unpaired) electrons. The van der Waals surface area contributed by atoms with E-state index in [1.54, 1.807) is 24.3 Å². The van der Waals surface area contributed by atoms with Gasteiger partial charge in [-0.15, -0.1) is 0 Å². The van der Waals surface area contributed by atoms with Crippen molar-refractivity contribution >= 4 is 39.1 Å².